The van der Waals surface area contributed by atoms with Gasteiger partial charge in [-0.15, -0.1) is 0 Å². The first kappa shape index (κ1) is 38.5. The summed E-state index contributed by atoms with van der Waals surface area (Å²) in [5.74, 6) is -0.295. The summed E-state index contributed by atoms with van der Waals surface area (Å²) < 4.78 is 65.0. The second-order valence-corrected chi connectivity index (χ2v) is 12.7. The molecule has 0 fully saturated rings. The molecule has 39 heavy (non-hydrogen) atoms. The summed E-state index contributed by atoms with van der Waals surface area (Å²) in [6.45, 7) is 13.3. The molecule has 0 atom stereocenters. The van der Waals surface area contributed by atoms with Crippen molar-refractivity contribution in [1.29, 1.82) is 0 Å². The van der Waals surface area contributed by atoms with Crippen molar-refractivity contribution in [3.63, 3.8) is 0 Å². The smallest absolute Gasteiger partial charge is 0.333 e. The number of hydrogen-bond acceptors (Lipinski definition) is 7. The predicted molar refractivity (Wildman–Crippen MR) is 155 cm³/mol. The first-order chi connectivity index (χ1) is 17.6. The zero-order chi connectivity index (χ0) is 31.0. The molecule has 10 nitrogen and oxygen atoms in total. The summed E-state index contributed by atoms with van der Waals surface area (Å²) in [5, 5.41) is 0. The lowest BCUT2D eigenvalue weighted by molar-refractivity contribution is -0.888. The number of quaternary nitrogens is 1. The van der Waals surface area contributed by atoms with Crippen molar-refractivity contribution in [3.8, 4) is 0 Å². The first-order valence-electron chi connectivity index (χ1n) is 12.0. The lowest BCUT2D eigenvalue weighted by atomic mass is 10.2. The third-order valence-corrected chi connectivity index (χ3v) is 6.51. The molecular weight excluding hydrogens is 544 g/mol. The van der Waals surface area contributed by atoms with Crippen LogP contribution >= 0.6 is 0 Å². The Hall–Kier alpha value is -2.61. The highest BCUT2D eigenvalue weighted by Crippen LogP contribution is 2.09. The van der Waals surface area contributed by atoms with Crippen LogP contribution in [0.4, 0.5) is 0 Å². The number of nitrogens with zero attached hydrogens (tertiary/aromatic N) is 2. The van der Waals surface area contributed by atoms with Gasteiger partial charge in [0.05, 0.1) is 30.4 Å². The zero-order valence-corrected chi connectivity index (χ0v) is 26.1. The molecule has 2 N–H and O–H groups in total. The first-order valence-corrected chi connectivity index (χ1v) is 14.8. The summed E-state index contributed by atoms with van der Waals surface area (Å²) >= 11 is 0. The van der Waals surface area contributed by atoms with Crippen molar-refractivity contribution in [2.45, 2.75) is 37.5 Å². The average molecular weight is 590 g/mol. The van der Waals surface area contributed by atoms with Gasteiger partial charge in [0.1, 0.15) is 13.2 Å². The molecule has 2 aromatic rings. The monoisotopic (exact) mass is 589 g/mol. The maximum absolute atomic E-state index is 11.0. The minimum absolute atomic E-state index is 0.0666. The normalized spacial score (nSPS) is 11.1. The number of hydrogen-bond donors (Lipinski definition) is 2. The van der Waals surface area contributed by atoms with Crippen molar-refractivity contribution in [1.82, 2.24) is 4.90 Å². The number of rotatable bonds is 7. The molecule has 0 bridgehead atoms. The number of carbonyl (C=O) groups is 1. The van der Waals surface area contributed by atoms with Crippen molar-refractivity contribution in [3.05, 3.63) is 71.8 Å². The Morgan fingerprint density at radius 3 is 1.38 bits per heavy atom. The minimum Gasteiger partial charge on any atom is -0.456 e. The molecule has 0 aromatic heterocycles. The maximum atomic E-state index is 11.0. The topological polar surface area (TPSA) is 138 Å². The Labute approximate surface area is 235 Å². The summed E-state index contributed by atoms with van der Waals surface area (Å²) in [6.07, 6.45) is 0. The van der Waals surface area contributed by atoms with Gasteiger partial charge >= 0.3 is 5.97 Å². The second kappa shape index (κ2) is 17.9. The highest BCUT2D eigenvalue weighted by atomic mass is 32.2. The molecule has 0 unspecified atom stereocenters. The Bertz CT molecular complexity index is 1150. The van der Waals surface area contributed by atoms with E-state index >= 15 is 0 Å². The van der Waals surface area contributed by atoms with E-state index in [-0.39, 0.29) is 15.8 Å². The van der Waals surface area contributed by atoms with Crippen molar-refractivity contribution < 1.29 is 40.0 Å². The van der Waals surface area contributed by atoms with Gasteiger partial charge in [0.25, 0.3) is 20.2 Å². The fraction of sp³-hybridized carbons (Fsp3) is 0.444. The maximum Gasteiger partial charge on any atom is 0.333 e. The van der Waals surface area contributed by atoms with Gasteiger partial charge < -0.3 is 14.1 Å². The van der Waals surface area contributed by atoms with Crippen LogP contribution in [0, 0.1) is 13.8 Å². The quantitative estimate of drug-likeness (QED) is 0.213. The number of carbonyl (C=O) groups excluding carboxylic acids is 1. The highest BCUT2D eigenvalue weighted by Gasteiger charge is 2.13. The fourth-order valence-corrected chi connectivity index (χ4v) is 3.05. The van der Waals surface area contributed by atoms with Crippen molar-refractivity contribution >= 4 is 26.2 Å². The molecule has 222 valence electrons. The third kappa shape index (κ3) is 21.0. The summed E-state index contributed by atoms with van der Waals surface area (Å²) in [4.78, 5) is 12.9. The van der Waals surface area contributed by atoms with Gasteiger partial charge in [-0.05, 0) is 73.1 Å². The average Bonchev–Trinajstić information content (AvgIpc) is 2.78. The van der Waals surface area contributed by atoms with Crippen LogP contribution in [0.3, 0.4) is 0 Å². The number of benzene rings is 2. The van der Waals surface area contributed by atoms with Gasteiger partial charge in [-0.3, -0.25) is 9.11 Å². The number of esters is 1. The van der Waals surface area contributed by atoms with Crippen molar-refractivity contribution in [2.75, 3.05) is 54.9 Å². The van der Waals surface area contributed by atoms with Crippen LogP contribution in [0.25, 0.3) is 0 Å². The fourth-order valence-electron chi connectivity index (χ4n) is 2.09. The van der Waals surface area contributed by atoms with E-state index in [1.807, 2.05) is 39.9 Å². The molecule has 0 heterocycles. The van der Waals surface area contributed by atoms with Crippen LogP contribution in [0.1, 0.15) is 25.0 Å². The van der Waals surface area contributed by atoms with E-state index in [9.17, 15) is 21.6 Å². The van der Waals surface area contributed by atoms with Gasteiger partial charge in [-0.25, -0.2) is 4.79 Å². The largest absolute Gasteiger partial charge is 0.456 e. The molecule has 0 aliphatic rings. The number of ether oxygens (including phenoxy) is 1. The van der Waals surface area contributed by atoms with Gasteiger partial charge in [0.15, 0.2) is 0 Å². The minimum atomic E-state index is -4.02. The van der Waals surface area contributed by atoms with E-state index in [4.69, 9.17) is 13.8 Å². The van der Waals surface area contributed by atoms with Gasteiger partial charge in [-0.1, -0.05) is 42.0 Å². The van der Waals surface area contributed by atoms with E-state index in [1.165, 1.54) is 24.3 Å². The number of aryl methyl sites for hydroxylation is 2. The summed E-state index contributed by atoms with van der Waals surface area (Å²) in [6, 6.07) is 12.0. The van der Waals surface area contributed by atoms with E-state index in [0.29, 0.717) is 12.2 Å². The third-order valence-electron chi connectivity index (χ3n) is 4.77. The SMILES string of the molecule is C=C(C)C(=O)OCC[N+](C)(C)CC.CN(C)C.Cc1ccc(S(=O)(=O)O)cc1.Cc1ccc(S(=O)(=O)O)cc1. The van der Waals surface area contributed by atoms with Gasteiger partial charge in [0, 0.05) is 5.57 Å². The zero-order valence-electron chi connectivity index (χ0n) is 24.5. The molecule has 0 radical (unpaired) electrons. The van der Waals surface area contributed by atoms with Crippen LogP contribution < -0.4 is 0 Å². The van der Waals surface area contributed by atoms with E-state index in [0.717, 1.165) is 28.7 Å². The Morgan fingerprint density at radius 1 is 0.846 bits per heavy atom. The van der Waals surface area contributed by atoms with Crippen LogP contribution in [-0.2, 0) is 29.8 Å². The molecule has 2 rings (SSSR count). The van der Waals surface area contributed by atoms with E-state index in [1.54, 1.807) is 31.2 Å². The molecule has 0 saturated carbocycles. The molecule has 12 heteroatoms. The molecule has 0 spiro atoms. The Kier molecular flexibility index (Phi) is 17.7. The number of likely N-dealkylation sites (N-methyl/N-ethyl adjacent to an activating group) is 1. The van der Waals surface area contributed by atoms with E-state index in [2.05, 4.69) is 27.6 Å². The Morgan fingerprint density at radius 2 is 1.15 bits per heavy atom. The van der Waals surface area contributed by atoms with Crippen LogP contribution in [0.5, 0.6) is 0 Å². The van der Waals surface area contributed by atoms with Gasteiger partial charge in [0.2, 0.25) is 0 Å². The lowest BCUT2D eigenvalue weighted by Gasteiger charge is -2.27. The van der Waals surface area contributed by atoms with E-state index < -0.39 is 20.2 Å². The van der Waals surface area contributed by atoms with Gasteiger partial charge in [-0.2, -0.15) is 16.8 Å². The lowest BCUT2D eigenvalue weighted by Crippen LogP contribution is -2.42. The molecular formula is C27H45N2O8S2+. The molecule has 0 aliphatic heterocycles. The molecule has 0 aliphatic carbocycles. The predicted octanol–water partition coefficient (Wildman–Crippen LogP) is 3.86. The van der Waals surface area contributed by atoms with Crippen molar-refractivity contribution in [2.24, 2.45) is 0 Å². The van der Waals surface area contributed by atoms with Crippen LogP contribution in [0.15, 0.2) is 70.5 Å². The van der Waals surface area contributed by atoms with Crippen LogP contribution in [0.2, 0.25) is 0 Å². The molecule has 2 aromatic carbocycles. The highest BCUT2D eigenvalue weighted by molar-refractivity contribution is 7.86. The molecule has 0 amide bonds. The summed E-state index contributed by atoms with van der Waals surface area (Å²) in [7, 11) is 2.17. The summed E-state index contributed by atoms with van der Waals surface area (Å²) in [5.41, 5.74) is 2.37. The standard InChI is InChI=1S/C10H20NO2.2C7H8O3S.C3H9N/c1-6-11(4,5)7-8-13-10(12)9(2)3;2*1-6-2-4-7(5-3-6)11(8,9)10;1-4(2)3/h2,6-8H2,1,3-5H3;2*2-5H,1H3,(H,8,9,10);1-3H3/q+1;;;. The molecule has 0 saturated heterocycles. The Balaban J connectivity index is 0. The second-order valence-electron chi connectivity index (χ2n) is 9.81. The van der Waals surface area contributed by atoms with Crippen LogP contribution in [-0.4, -0.2) is 96.2 Å².